The molecular formula is C15H24N. The van der Waals surface area contributed by atoms with Crippen molar-refractivity contribution in [2.24, 2.45) is 11.7 Å². The fraction of sp³-hybridized carbons (Fsp3) is 0.533. The maximum atomic E-state index is 5.54. The Hall–Kier alpha value is -0.820. The van der Waals surface area contributed by atoms with Crippen LogP contribution in [0.1, 0.15) is 44.6 Å². The first-order valence-corrected chi connectivity index (χ1v) is 6.34. The second kappa shape index (κ2) is 7.45. The molecule has 0 saturated heterocycles. The summed E-state index contributed by atoms with van der Waals surface area (Å²) in [4.78, 5) is 0. The Morgan fingerprint density at radius 2 is 1.81 bits per heavy atom. The second-order valence-electron chi connectivity index (χ2n) is 4.74. The van der Waals surface area contributed by atoms with Gasteiger partial charge in [0, 0.05) is 0 Å². The largest absolute Gasteiger partial charge is 0.330 e. The first kappa shape index (κ1) is 13.2. The zero-order valence-electron chi connectivity index (χ0n) is 10.5. The topological polar surface area (TPSA) is 26.0 Å². The lowest BCUT2D eigenvalue weighted by Gasteiger charge is -2.19. The number of hydrogen-bond donors (Lipinski definition) is 1. The standard InChI is InChI=1S/C15H24N/c1-13(2)12-15(10-6-7-11-16)14-8-4-3-5-9-14/h3-5,8-9,12-13,15H,6-7,10-11,16H2,1-2H3. The van der Waals surface area contributed by atoms with Crippen molar-refractivity contribution in [2.75, 3.05) is 6.54 Å². The Bertz CT molecular complexity index is 266. The van der Waals surface area contributed by atoms with E-state index in [1.807, 2.05) is 0 Å². The zero-order valence-corrected chi connectivity index (χ0v) is 10.5. The van der Waals surface area contributed by atoms with E-state index in [2.05, 4.69) is 50.6 Å². The van der Waals surface area contributed by atoms with Crippen LogP contribution >= 0.6 is 0 Å². The molecule has 0 aliphatic carbocycles. The van der Waals surface area contributed by atoms with E-state index >= 15 is 0 Å². The third-order valence-corrected chi connectivity index (χ3v) is 2.81. The van der Waals surface area contributed by atoms with Gasteiger partial charge in [0.1, 0.15) is 0 Å². The summed E-state index contributed by atoms with van der Waals surface area (Å²) in [5.41, 5.74) is 6.98. The molecule has 1 atom stereocenters. The van der Waals surface area contributed by atoms with E-state index in [0.29, 0.717) is 11.8 Å². The number of nitrogens with two attached hydrogens (primary N) is 1. The highest BCUT2D eigenvalue weighted by Crippen LogP contribution is 2.27. The van der Waals surface area contributed by atoms with Gasteiger partial charge < -0.3 is 5.73 Å². The third kappa shape index (κ3) is 4.80. The van der Waals surface area contributed by atoms with Gasteiger partial charge in [-0.05, 0) is 43.2 Å². The average molecular weight is 218 g/mol. The molecule has 0 aliphatic heterocycles. The van der Waals surface area contributed by atoms with Crippen molar-refractivity contribution in [1.29, 1.82) is 0 Å². The van der Waals surface area contributed by atoms with E-state index in [0.717, 1.165) is 13.0 Å². The smallest absolute Gasteiger partial charge is 0.00773 e. The van der Waals surface area contributed by atoms with Gasteiger partial charge in [-0.3, -0.25) is 0 Å². The molecular weight excluding hydrogens is 194 g/mol. The predicted octanol–water partition coefficient (Wildman–Crippen LogP) is 3.76. The molecule has 89 valence electrons. The van der Waals surface area contributed by atoms with Crippen molar-refractivity contribution in [3.05, 3.63) is 42.3 Å². The molecule has 2 N–H and O–H groups in total. The van der Waals surface area contributed by atoms with Crippen molar-refractivity contribution >= 4 is 0 Å². The van der Waals surface area contributed by atoms with Crippen LogP contribution in [0.15, 0.2) is 30.3 Å². The summed E-state index contributed by atoms with van der Waals surface area (Å²) in [6, 6.07) is 10.8. The van der Waals surface area contributed by atoms with Gasteiger partial charge in [0.25, 0.3) is 0 Å². The van der Waals surface area contributed by atoms with Crippen LogP contribution in [-0.2, 0) is 0 Å². The molecule has 0 aromatic heterocycles. The fourth-order valence-electron chi connectivity index (χ4n) is 2.05. The molecule has 1 rings (SSSR count). The normalized spacial score (nSPS) is 13.0. The summed E-state index contributed by atoms with van der Waals surface area (Å²) < 4.78 is 0. The van der Waals surface area contributed by atoms with E-state index in [1.165, 1.54) is 18.4 Å². The minimum atomic E-state index is 0.591. The Morgan fingerprint density at radius 1 is 1.12 bits per heavy atom. The first-order chi connectivity index (χ1) is 7.74. The molecule has 1 radical (unpaired) electrons. The van der Waals surface area contributed by atoms with Crippen LogP contribution in [0.3, 0.4) is 0 Å². The second-order valence-corrected chi connectivity index (χ2v) is 4.74. The van der Waals surface area contributed by atoms with Gasteiger partial charge in [-0.15, -0.1) is 0 Å². The number of rotatable bonds is 7. The quantitative estimate of drug-likeness (QED) is 0.693. The van der Waals surface area contributed by atoms with Crippen molar-refractivity contribution in [1.82, 2.24) is 0 Å². The lowest BCUT2D eigenvalue weighted by molar-refractivity contribution is 0.568. The summed E-state index contributed by atoms with van der Waals surface area (Å²) in [6.45, 7) is 5.31. The van der Waals surface area contributed by atoms with Crippen molar-refractivity contribution < 1.29 is 0 Å². The molecule has 1 aromatic carbocycles. The number of benzene rings is 1. The minimum absolute atomic E-state index is 0.591. The van der Waals surface area contributed by atoms with Crippen molar-refractivity contribution in [3.63, 3.8) is 0 Å². The van der Waals surface area contributed by atoms with Crippen LogP contribution in [0.5, 0.6) is 0 Å². The zero-order chi connectivity index (χ0) is 11.8. The van der Waals surface area contributed by atoms with E-state index < -0.39 is 0 Å². The Balaban J connectivity index is 2.56. The van der Waals surface area contributed by atoms with E-state index in [4.69, 9.17) is 5.73 Å². The van der Waals surface area contributed by atoms with Gasteiger partial charge in [-0.2, -0.15) is 0 Å². The Labute approximate surface area is 100 Å². The molecule has 0 amide bonds. The SMILES string of the molecule is CC(C)[CH]C(CCCCN)c1ccccc1. The highest BCUT2D eigenvalue weighted by Gasteiger charge is 2.12. The minimum Gasteiger partial charge on any atom is -0.330 e. The fourth-order valence-corrected chi connectivity index (χ4v) is 2.05. The Morgan fingerprint density at radius 3 is 2.38 bits per heavy atom. The van der Waals surface area contributed by atoms with Crippen LogP contribution in [0, 0.1) is 12.3 Å². The lowest BCUT2D eigenvalue weighted by Crippen LogP contribution is -2.06. The third-order valence-electron chi connectivity index (χ3n) is 2.81. The van der Waals surface area contributed by atoms with E-state index in [1.54, 1.807) is 0 Å². The highest BCUT2D eigenvalue weighted by molar-refractivity contribution is 5.22. The van der Waals surface area contributed by atoms with Gasteiger partial charge in [-0.1, -0.05) is 50.6 Å². The lowest BCUT2D eigenvalue weighted by atomic mass is 9.86. The summed E-state index contributed by atoms with van der Waals surface area (Å²) in [5.74, 6) is 1.23. The predicted molar refractivity (Wildman–Crippen MR) is 71.2 cm³/mol. The maximum absolute atomic E-state index is 5.54. The molecule has 0 fully saturated rings. The summed E-state index contributed by atoms with van der Waals surface area (Å²) in [6.07, 6.45) is 6.03. The molecule has 0 bridgehead atoms. The van der Waals surface area contributed by atoms with Gasteiger partial charge in [0.15, 0.2) is 0 Å². The molecule has 1 unspecified atom stereocenters. The summed E-state index contributed by atoms with van der Waals surface area (Å²) in [7, 11) is 0. The molecule has 16 heavy (non-hydrogen) atoms. The average Bonchev–Trinajstić information content (AvgIpc) is 2.29. The van der Waals surface area contributed by atoms with Crippen LogP contribution in [-0.4, -0.2) is 6.54 Å². The van der Waals surface area contributed by atoms with E-state index in [-0.39, 0.29) is 0 Å². The van der Waals surface area contributed by atoms with Gasteiger partial charge in [0.2, 0.25) is 0 Å². The Kier molecular flexibility index (Phi) is 6.17. The van der Waals surface area contributed by atoms with Crippen LogP contribution in [0.2, 0.25) is 0 Å². The molecule has 0 spiro atoms. The maximum Gasteiger partial charge on any atom is -0.00773 e. The van der Waals surface area contributed by atoms with Crippen molar-refractivity contribution in [2.45, 2.75) is 39.0 Å². The van der Waals surface area contributed by atoms with Gasteiger partial charge in [-0.25, -0.2) is 0 Å². The molecule has 0 saturated carbocycles. The molecule has 0 aliphatic rings. The highest BCUT2D eigenvalue weighted by atomic mass is 14.5. The van der Waals surface area contributed by atoms with Crippen LogP contribution in [0.25, 0.3) is 0 Å². The van der Waals surface area contributed by atoms with Crippen LogP contribution < -0.4 is 5.73 Å². The van der Waals surface area contributed by atoms with Gasteiger partial charge >= 0.3 is 0 Å². The molecule has 1 aromatic rings. The monoisotopic (exact) mass is 218 g/mol. The van der Waals surface area contributed by atoms with Crippen molar-refractivity contribution in [3.8, 4) is 0 Å². The molecule has 1 nitrogen and oxygen atoms in total. The van der Waals surface area contributed by atoms with E-state index in [9.17, 15) is 0 Å². The molecule has 0 heterocycles. The van der Waals surface area contributed by atoms with Crippen LogP contribution in [0.4, 0.5) is 0 Å². The summed E-state index contributed by atoms with van der Waals surface area (Å²) in [5, 5.41) is 0. The molecule has 1 heteroatoms. The number of unbranched alkanes of at least 4 members (excludes halogenated alkanes) is 1. The number of hydrogen-bond acceptors (Lipinski definition) is 1. The van der Waals surface area contributed by atoms with Gasteiger partial charge in [0.05, 0.1) is 0 Å². The first-order valence-electron chi connectivity index (χ1n) is 6.34. The summed E-state index contributed by atoms with van der Waals surface area (Å²) >= 11 is 0.